The maximum atomic E-state index is 12.0. The molecule has 0 saturated heterocycles. The van der Waals surface area contributed by atoms with Crippen molar-refractivity contribution in [2.75, 3.05) is 6.54 Å². The summed E-state index contributed by atoms with van der Waals surface area (Å²) in [4.78, 5) is 12.0. The second-order valence-electron chi connectivity index (χ2n) is 6.02. The minimum atomic E-state index is 0.0892. The summed E-state index contributed by atoms with van der Waals surface area (Å²) in [6.07, 6.45) is 3.99. The summed E-state index contributed by atoms with van der Waals surface area (Å²) in [6.45, 7) is 5.65. The van der Waals surface area contributed by atoms with E-state index in [0.717, 1.165) is 24.4 Å². The van der Waals surface area contributed by atoms with Gasteiger partial charge >= 0.3 is 0 Å². The van der Waals surface area contributed by atoms with Gasteiger partial charge in [-0.25, -0.2) is 0 Å². The van der Waals surface area contributed by atoms with Crippen molar-refractivity contribution in [1.29, 1.82) is 0 Å². The van der Waals surface area contributed by atoms with E-state index in [1.807, 2.05) is 28.8 Å². The number of aryl methyl sites for hydroxylation is 2. The molecule has 6 nitrogen and oxygen atoms in total. The van der Waals surface area contributed by atoms with Crippen LogP contribution in [0.1, 0.15) is 30.1 Å². The molecule has 126 valence electrons. The summed E-state index contributed by atoms with van der Waals surface area (Å²) in [5.41, 5.74) is 3.31. The lowest BCUT2D eigenvalue weighted by Crippen LogP contribution is -2.26. The van der Waals surface area contributed by atoms with Crippen molar-refractivity contribution in [3.05, 3.63) is 53.7 Å². The van der Waals surface area contributed by atoms with Gasteiger partial charge in [-0.3, -0.25) is 9.20 Å². The van der Waals surface area contributed by atoms with Crippen LogP contribution in [0.5, 0.6) is 0 Å². The van der Waals surface area contributed by atoms with Crippen LogP contribution in [0.2, 0.25) is 0 Å². The second kappa shape index (κ2) is 7.29. The number of rotatable bonds is 7. The van der Waals surface area contributed by atoms with Crippen molar-refractivity contribution in [3.63, 3.8) is 0 Å². The molecule has 1 N–H and O–H groups in total. The Morgan fingerprint density at radius 3 is 2.71 bits per heavy atom. The Balaban J connectivity index is 1.41. The Kier molecular flexibility index (Phi) is 4.93. The number of hydrogen-bond donors (Lipinski definition) is 1. The molecule has 1 amide bonds. The Morgan fingerprint density at radius 1 is 1.12 bits per heavy atom. The van der Waals surface area contributed by atoms with Crippen LogP contribution in [-0.2, 0) is 17.8 Å². The molecule has 0 fully saturated rings. The van der Waals surface area contributed by atoms with Gasteiger partial charge in [-0.2, -0.15) is 0 Å². The number of carbonyl (C=O) groups is 1. The van der Waals surface area contributed by atoms with Gasteiger partial charge in [0.25, 0.3) is 0 Å². The molecular weight excluding hydrogens is 302 g/mol. The molecule has 0 aromatic carbocycles. The topological polar surface area (TPSA) is 64.2 Å². The van der Waals surface area contributed by atoms with Gasteiger partial charge in [-0.1, -0.05) is 6.07 Å². The molecule has 3 aromatic rings. The van der Waals surface area contributed by atoms with Gasteiger partial charge in [-0.05, 0) is 44.5 Å². The minimum Gasteiger partial charge on any atom is -0.356 e. The van der Waals surface area contributed by atoms with E-state index < -0.39 is 0 Å². The van der Waals surface area contributed by atoms with Gasteiger partial charge < -0.3 is 9.88 Å². The van der Waals surface area contributed by atoms with Gasteiger partial charge in [0.05, 0.1) is 0 Å². The van der Waals surface area contributed by atoms with Gasteiger partial charge in [0.2, 0.25) is 5.91 Å². The molecule has 0 aliphatic carbocycles. The average Bonchev–Trinajstić information content (AvgIpc) is 3.13. The highest BCUT2D eigenvalue weighted by Crippen LogP contribution is 2.08. The van der Waals surface area contributed by atoms with Crippen LogP contribution in [0.25, 0.3) is 5.65 Å². The number of nitrogens with zero attached hydrogens (tertiary/aromatic N) is 4. The highest BCUT2D eigenvalue weighted by atomic mass is 16.1. The van der Waals surface area contributed by atoms with Crippen LogP contribution < -0.4 is 5.32 Å². The van der Waals surface area contributed by atoms with Gasteiger partial charge in [0.1, 0.15) is 5.82 Å². The number of aromatic nitrogens is 4. The maximum Gasteiger partial charge on any atom is 0.220 e. The summed E-state index contributed by atoms with van der Waals surface area (Å²) in [7, 11) is 0. The van der Waals surface area contributed by atoms with Crippen molar-refractivity contribution in [3.8, 4) is 0 Å². The summed E-state index contributed by atoms with van der Waals surface area (Å²) in [5, 5.41) is 11.2. The average molecular weight is 325 g/mol. The third-order valence-corrected chi connectivity index (χ3v) is 4.26. The molecule has 0 aliphatic rings. The molecule has 0 spiro atoms. The molecule has 24 heavy (non-hydrogen) atoms. The maximum absolute atomic E-state index is 12.0. The highest BCUT2D eigenvalue weighted by molar-refractivity contribution is 5.75. The molecule has 0 saturated carbocycles. The predicted octanol–water partition coefficient (Wildman–Crippen LogP) is 2.29. The molecular formula is C18H23N5O. The first-order chi connectivity index (χ1) is 11.6. The van der Waals surface area contributed by atoms with E-state index in [1.54, 1.807) is 0 Å². The third-order valence-electron chi connectivity index (χ3n) is 4.26. The fourth-order valence-electron chi connectivity index (χ4n) is 2.91. The lowest BCUT2D eigenvalue weighted by molar-refractivity contribution is -0.121. The molecule has 3 heterocycles. The zero-order valence-electron chi connectivity index (χ0n) is 14.2. The van der Waals surface area contributed by atoms with Crippen molar-refractivity contribution >= 4 is 11.6 Å². The number of amides is 1. The Bertz CT molecular complexity index is 813. The monoisotopic (exact) mass is 325 g/mol. The zero-order valence-corrected chi connectivity index (χ0v) is 14.2. The first-order valence-electron chi connectivity index (χ1n) is 8.33. The fraction of sp³-hybridized carbons (Fsp3) is 0.389. The van der Waals surface area contributed by atoms with E-state index in [9.17, 15) is 4.79 Å². The number of nitrogens with one attached hydrogen (secondary N) is 1. The van der Waals surface area contributed by atoms with Crippen molar-refractivity contribution in [2.24, 2.45) is 0 Å². The first-order valence-corrected chi connectivity index (χ1v) is 8.33. The standard InChI is InChI=1S/C18H23N5O/c1-14-8-9-15(2)22(14)13-5-7-18(24)19-11-10-17-21-20-16-6-3-4-12-23(16)17/h3-4,6,8-9,12H,5,7,10-11,13H2,1-2H3,(H,19,24). The molecule has 0 unspecified atom stereocenters. The lowest BCUT2D eigenvalue weighted by atomic mass is 10.2. The first kappa shape index (κ1) is 16.2. The zero-order chi connectivity index (χ0) is 16.9. The van der Waals surface area contributed by atoms with Crippen molar-refractivity contribution in [1.82, 2.24) is 24.5 Å². The van der Waals surface area contributed by atoms with Crippen LogP contribution in [0.4, 0.5) is 0 Å². The van der Waals surface area contributed by atoms with Crippen LogP contribution in [0, 0.1) is 13.8 Å². The Hall–Kier alpha value is -2.63. The van der Waals surface area contributed by atoms with Crippen LogP contribution >= 0.6 is 0 Å². The highest BCUT2D eigenvalue weighted by Gasteiger charge is 2.07. The van der Waals surface area contributed by atoms with E-state index in [-0.39, 0.29) is 5.91 Å². The van der Waals surface area contributed by atoms with Crippen molar-refractivity contribution in [2.45, 2.75) is 39.7 Å². The van der Waals surface area contributed by atoms with E-state index in [1.165, 1.54) is 11.4 Å². The molecule has 0 atom stereocenters. The van der Waals surface area contributed by atoms with E-state index in [4.69, 9.17) is 0 Å². The van der Waals surface area contributed by atoms with Gasteiger partial charge in [0, 0.05) is 43.5 Å². The van der Waals surface area contributed by atoms with E-state index in [2.05, 4.69) is 46.1 Å². The molecule has 3 rings (SSSR count). The quantitative estimate of drug-likeness (QED) is 0.725. The summed E-state index contributed by atoms with van der Waals surface area (Å²) in [6, 6.07) is 10.0. The SMILES string of the molecule is Cc1ccc(C)n1CCCC(=O)NCCc1nnc2ccccn12. The normalized spacial score (nSPS) is 11.1. The summed E-state index contributed by atoms with van der Waals surface area (Å²) >= 11 is 0. The predicted molar refractivity (Wildman–Crippen MR) is 92.8 cm³/mol. The summed E-state index contributed by atoms with van der Waals surface area (Å²) < 4.78 is 4.19. The number of hydrogen-bond acceptors (Lipinski definition) is 3. The van der Waals surface area contributed by atoms with E-state index >= 15 is 0 Å². The number of carbonyl (C=O) groups excluding carboxylic acids is 1. The number of fused-ring (bicyclic) bond motifs is 1. The molecule has 0 bridgehead atoms. The molecule has 3 aromatic heterocycles. The van der Waals surface area contributed by atoms with Crippen LogP contribution in [0.3, 0.4) is 0 Å². The Labute approximate surface area is 141 Å². The van der Waals surface area contributed by atoms with E-state index in [0.29, 0.717) is 19.4 Å². The molecule has 0 radical (unpaired) electrons. The Morgan fingerprint density at radius 2 is 1.92 bits per heavy atom. The largest absolute Gasteiger partial charge is 0.356 e. The van der Waals surface area contributed by atoms with Crippen LogP contribution in [-0.4, -0.2) is 31.6 Å². The molecule has 6 heteroatoms. The minimum absolute atomic E-state index is 0.0892. The smallest absolute Gasteiger partial charge is 0.220 e. The summed E-state index contributed by atoms with van der Waals surface area (Å²) in [5.74, 6) is 0.954. The van der Waals surface area contributed by atoms with Crippen molar-refractivity contribution < 1.29 is 4.79 Å². The fourth-order valence-corrected chi connectivity index (χ4v) is 2.91. The van der Waals surface area contributed by atoms with Gasteiger partial charge in [-0.15, -0.1) is 10.2 Å². The lowest BCUT2D eigenvalue weighted by Gasteiger charge is -2.09. The van der Waals surface area contributed by atoms with Gasteiger partial charge in [0.15, 0.2) is 5.65 Å². The van der Waals surface area contributed by atoms with Crippen LogP contribution in [0.15, 0.2) is 36.5 Å². The molecule has 0 aliphatic heterocycles. The second-order valence-corrected chi connectivity index (χ2v) is 6.02. The third kappa shape index (κ3) is 3.64. The number of pyridine rings is 1.